The van der Waals surface area contributed by atoms with Gasteiger partial charge in [0.05, 0.1) is 24.2 Å². The summed E-state index contributed by atoms with van der Waals surface area (Å²) in [5, 5.41) is 6.92. The number of hydrogen-bond acceptors (Lipinski definition) is 9. The minimum Gasteiger partial charge on any atom is -0.378 e. The van der Waals surface area contributed by atoms with Gasteiger partial charge in [0.15, 0.2) is 5.82 Å². The Hall–Kier alpha value is -3.90. The van der Waals surface area contributed by atoms with Crippen molar-refractivity contribution < 1.29 is 13.5 Å². The zero-order valence-electron chi connectivity index (χ0n) is 23.4. The number of nitrogens with zero attached hydrogens (tertiary/aromatic N) is 7. The molecule has 0 bridgehead atoms. The highest BCUT2D eigenvalue weighted by Gasteiger charge is 2.27. The van der Waals surface area contributed by atoms with Crippen LogP contribution in [-0.4, -0.2) is 82.5 Å². The standard InChI is InChI=1S/C29H35F2N9O/c1-29(2,19-20-7-3-5-9-22(20)38-13-11-32-12-14-38)37-26-34-27(39-15-17-41-18-16-39)36-28(35-26)40-23-10-6-4-8-21(23)33-25(40)24(30)31/h3-10,24,32H,11-19H2,1-2H3,(H,34,35,36,37). The number of anilines is 3. The Kier molecular flexibility index (Phi) is 7.67. The van der Waals surface area contributed by atoms with E-state index < -0.39 is 17.8 Å². The van der Waals surface area contributed by atoms with Crippen LogP contribution in [0.3, 0.4) is 0 Å². The largest absolute Gasteiger partial charge is 0.378 e. The fraction of sp³-hybridized carbons (Fsp3) is 0.448. The number of halogens is 2. The molecule has 216 valence electrons. The lowest BCUT2D eigenvalue weighted by Crippen LogP contribution is -2.44. The average Bonchev–Trinajstić information content (AvgIpc) is 3.38. The molecule has 0 radical (unpaired) electrons. The maximum atomic E-state index is 14.2. The van der Waals surface area contributed by atoms with Crippen LogP contribution in [0.5, 0.6) is 0 Å². The number of rotatable bonds is 8. The number of aromatic nitrogens is 5. The number of piperazine rings is 1. The number of para-hydroxylation sites is 3. The number of benzene rings is 2. The van der Waals surface area contributed by atoms with Crippen molar-refractivity contribution in [2.45, 2.75) is 32.2 Å². The third-order valence-corrected chi connectivity index (χ3v) is 7.42. The molecule has 2 aliphatic rings. The van der Waals surface area contributed by atoms with Gasteiger partial charge in [0.1, 0.15) is 0 Å². The molecule has 12 heteroatoms. The Morgan fingerprint density at radius 2 is 1.59 bits per heavy atom. The lowest BCUT2D eigenvalue weighted by Gasteiger charge is -2.34. The number of morpholine rings is 1. The number of hydrogen-bond donors (Lipinski definition) is 2. The molecule has 0 atom stereocenters. The van der Waals surface area contributed by atoms with Gasteiger partial charge in [-0.05, 0) is 44.0 Å². The molecule has 2 aromatic carbocycles. The number of nitrogens with one attached hydrogen (secondary N) is 2. The third kappa shape index (κ3) is 5.94. The molecule has 2 aliphatic heterocycles. The predicted molar refractivity (Wildman–Crippen MR) is 155 cm³/mol. The fourth-order valence-electron chi connectivity index (χ4n) is 5.51. The second-order valence-corrected chi connectivity index (χ2v) is 11.0. The van der Waals surface area contributed by atoms with Crippen molar-refractivity contribution in [3.63, 3.8) is 0 Å². The molecule has 10 nitrogen and oxygen atoms in total. The Balaban J connectivity index is 1.37. The first-order valence-corrected chi connectivity index (χ1v) is 14.0. The van der Waals surface area contributed by atoms with E-state index in [1.54, 1.807) is 24.3 Å². The van der Waals surface area contributed by atoms with Crippen molar-refractivity contribution >= 4 is 28.6 Å². The molecule has 0 spiro atoms. The van der Waals surface area contributed by atoms with Gasteiger partial charge in [0.25, 0.3) is 6.43 Å². The molecule has 6 rings (SSSR count). The Bertz CT molecular complexity index is 1500. The van der Waals surface area contributed by atoms with Crippen LogP contribution in [0.4, 0.5) is 26.4 Å². The summed E-state index contributed by atoms with van der Waals surface area (Å²) in [5.74, 6) is 0.431. The molecule has 2 N–H and O–H groups in total. The maximum Gasteiger partial charge on any atom is 0.296 e. The molecule has 0 aliphatic carbocycles. The van der Waals surface area contributed by atoms with Crippen molar-refractivity contribution in [3.8, 4) is 5.95 Å². The van der Waals surface area contributed by atoms with Crippen molar-refractivity contribution in [1.82, 2.24) is 29.8 Å². The monoisotopic (exact) mass is 563 g/mol. The summed E-state index contributed by atoms with van der Waals surface area (Å²) in [6.07, 6.45) is -2.10. The van der Waals surface area contributed by atoms with Crippen LogP contribution in [0.15, 0.2) is 48.5 Å². The summed E-state index contributed by atoms with van der Waals surface area (Å²) in [6, 6.07) is 15.5. The summed E-state index contributed by atoms with van der Waals surface area (Å²) in [5.41, 5.74) is 2.94. The normalized spacial score (nSPS) is 16.5. The van der Waals surface area contributed by atoms with Crippen LogP contribution >= 0.6 is 0 Å². The van der Waals surface area contributed by atoms with Gasteiger partial charge in [-0.3, -0.25) is 4.57 Å². The van der Waals surface area contributed by atoms with E-state index in [1.165, 1.54) is 15.8 Å². The Labute approximate surface area is 237 Å². The SMILES string of the molecule is CC(C)(Cc1ccccc1N1CCNCC1)Nc1nc(N2CCOCC2)nc(-n2c(C(F)F)nc3ccccc32)n1. The summed E-state index contributed by atoms with van der Waals surface area (Å²) in [6.45, 7) is 10.3. The number of fused-ring (bicyclic) bond motifs is 1. The number of alkyl halides is 2. The van der Waals surface area contributed by atoms with Crippen LogP contribution in [0.2, 0.25) is 0 Å². The van der Waals surface area contributed by atoms with Crippen molar-refractivity contribution in [2.75, 3.05) is 67.6 Å². The van der Waals surface area contributed by atoms with Crippen LogP contribution in [0, 0.1) is 0 Å². The predicted octanol–water partition coefficient (Wildman–Crippen LogP) is 3.83. The van der Waals surface area contributed by atoms with Crippen molar-refractivity contribution in [2.24, 2.45) is 0 Å². The zero-order valence-corrected chi connectivity index (χ0v) is 23.4. The van der Waals surface area contributed by atoms with E-state index in [9.17, 15) is 8.78 Å². The van der Waals surface area contributed by atoms with Gasteiger partial charge in [-0.1, -0.05) is 30.3 Å². The van der Waals surface area contributed by atoms with E-state index in [0.29, 0.717) is 55.7 Å². The summed E-state index contributed by atoms with van der Waals surface area (Å²) >= 11 is 0. The lowest BCUT2D eigenvalue weighted by molar-refractivity contribution is 0.122. The number of ether oxygens (including phenoxy) is 1. The highest BCUT2D eigenvalue weighted by Crippen LogP contribution is 2.30. The van der Waals surface area contributed by atoms with E-state index in [1.807, 2.05) is 4.90 Å². The van der Waals surface area contributed by atoms with E-state index in [2.05, 4.69) is 68.6 Å². The van der Waals surface area contributed by atoms with Crippen LogP contribution in [-0.2, 0) is 11.2 Å². The topological polar surface area (TPSA) is 96.3 Å². The van der Waals surface area contributed by atoms with Gasteiger partial charge >= 0.3 is 0 Å². The fourth-order valence-corrected chi connectivity index (χ4v) is 5.51. The maximum absolute atomic E-state index is 14.2. The van der Waals surface area contributed by atoms with Gasteiger partial charge in [-0.25, -0.2) is 13.8 Å². The first-order chi connectivity index (χ1) is 19.9. The Morgan fingerprint density at radius 3 is 2.37 bits per heavy atom. The molecular weight excluding hydrogens is 528 g/mol. The molecule has 0 unspecified atom stereocenters. The van der Waals surface area contributed by atoms with E-state index >= 15 is 0 Å². The van der Waals surface area contributed by atoms with Crippen LogP contribution in [0.1, 0.15) is 31.7 Å². The van der Waals surface area contributed by atoms with Gasteiger partial charge in [0, 0.05) is 50.5 Å². The Morgan fingerprint density at radius 1 is 0.878 bits per heavy atom. The summed E-state index contributed by atoms with van der Waals surface area (Å²) in [4.78, 5) is 22.7. The molecule has 41 heavy (non-hydrogen) atoms. The lowest BCUT2D eigenvalue weighted by atomic mass is 9.93. The molecule has 2 saturated heterocycles. The minimum absolute atomic E-state index is 0.102. The molecular formula is C29H35F2N9O. The second kappa shape index (κ2) is 11.5. The molecule has 4 heterocycles. The third-order valence-electron chi connectivity index (χ3n) is 7.42. The molecule has 0 saturated carbocycles. The van der Waals surface area contributed by atoms with Gasteiger partial charge < -0.3 is 25.2 Å². The smallest absolute Gasteiger partial charge is 0.296 e. The van der Waals surface area contributed by atoms with Crippen LogP contribution in [0.25, 0.3) is 17.0 Å². The average molecular weight is 564 g/mol. The molecule has 2 aromatic heterocycles. The van der Waals surface area contributed by atoms with Crippen molar-refractivity contribution in [1.29, 1.82) is 0 Å². The number of imidazole rings is 1. The molecule has 4 aromatic rings. The first-order valence-electron chi connectivity index (χ1n) is 14.0. The van der Waals surface area contributed by atoms with Gasteiger partial charge in [-0.2, -0.15) is 15.0 Å². The molecule has 0 amide bonds. The first kappa shape index (κ1) is 27.3. The van der Waals surface area contributed by atoms with Crippen LogP contribution < -0.4 is 20.4 Å². The van der Waals surface area contributed by atoms with Crippen molar-refractivity contribution in [3.05, 3.63) is 59.9 Å². The summed E-state index contributed by atoms with van der Waals surface area (Å²) < 4.78 is 35.3. The summed E-state index contributed by atoms with van der Waals surface area (Å²) in [7, 11) is 0. The van der Waals surface area contributed by atoms with E-state index in [4.69, 9.17) is 9.72 Å². The highest BCUT2D eigenvalue weighted by atomic mass is 19.3. The quantitative estimate of drug-likeness (QED) is 0.332. The minimum atomic E-state index is -2.81. The second-order valence-electron chi connectivity index (χ2n) is 11.0. The van der Waals surface area contributed by atoms with Gasteiger partial charge in [0.2, 0.25) is 17.8 Å². The zero-order chi connectivity index (χ0) is 28.4. The van der Waals surface area contributed by atoms with E-state index in [0.717, 1.165) is 26.2 Å². The van der Waals surface area contributed by atoms with E-state index in [-0.39, 0.29) is 5.95 Å². The molecule has 2 fully saturated rings. The van der Waals surface area contributed by atoms with Gasteiger partial charge in [-0.15, -0.1) is 0 Å². The highest BCUT2D eigenvalue weighted by molar-refractivity contribution is 5.77.